The number of imidazole rings is 1. The molecule has 0 bridgehead atoms. The number of halogens is 3. The van der Waals surface area contributed by atoms with Crippen molar-refractivity contribution in [2.24, 2.45) is 0 Å². The van der Waals surface area contributed by atoms with Gasteiger partial charge < -0.3 is 0 Å². The maximum atomic E-state index is 13.6. The summed E-state index contributed by atoms with van der Waals surface area (Å²) >= 11 is 11.9. The van der Waals surface area contributed by atoms with Crippen LogP contribution in [0.2, 0.25) is 5.02 Å². The Hall–Kier alpha value is -1.58. The fourth-order valence-electron chi connectivity index (χ4n) is 2.46. The first-order valence-corrected chi connectivity index (χ1v) is 7.43. The van der Waals surface area contributed by atoms with E-state index in [0.29, 0.717) is 11.3 Å². The molecule has 21 heavy (non-hydrogen) atoms. The summed E-state index contributed by atoms with van der Waals surface area (Å²) in [6, 6.07) is 8.96. The van der Waals surface area contributed by atoms with Gasteiger partial charge in [-0.3, -0.25) is 4.57 Å². The van der Waals surface area contributed by atoms with Crippen LogP contribution >= 0.6 is 23.2 Å². The van der Waals surface area contributed by atoms with Gasteiger partial charge in [-0.25, -0.2) is 9.37 Å². The third kappa shape index (κ3) is 2.30. The molecule has 0 amide bonds. The Morgan fingerprint density at radius 3 is 2.71 bits per heavy atom. The van der Waals surface area contributed by atoms with Gasteiger partial charge in [-0.05, 0) is 37.1 Å². The number of rotatable bonds is 2. The summed E-state index contributed by atoms with van der Waals surface area (Å²) in [5, 5.41) is 0.0788. The predicted octanol–water partition coefficient (Wildman–Crippen LogP) is 5.17. The van der Waals surface area contributed by atoms with E-state index < -0.39 is 5.82 Å². The summed E-state index contributed by atoms with van der Waals surface area (Å²) in [5.74, 6) is 0.430. The molecule has 0 fully saturated rings. The van der Waals surface area contributed by atoms with Crippen molar-refractivity contribution in [3.8, 4) is 5.69 Å². The smallest absolute Gasteiger partial charge is 0.144 e. The van der Waals surface area contributed by atoms with Crippen molar-refractivity contribution in [3.63, 3.8) is 0 Å². The van der Waals surface area contributed by atoms with Gasteiger partial charge in [0.1, 0.15) is 11.6 Å². The van der Waals surface area contributed by atoms with Crippen LogP contribution in [0.15, 0.2) is 30.3 Å². The van der Waals surface area contributed by atoms with Crippen molar-refractivity contribution in [2.45, 2.75) is 19.7 Å². The molecule has 0 spiro atoms. The van der Waals surface area contributed by atoms with E-state index in [1.165, 1.54) is 11.6 Å². The molecule has 1 heterocycles. The SMILES string of the molecule is Cc1cccc(-n2c(CCl)nc3cc(F)c(Cl)cc32)c1C. The van der Waals surface area contributed by atoms with Crippen molar-refractivity contribution in [1.29, 1.82) is 0 Å². The summed E-state index contributed by atoms with van der Waals surface area (Å²) in [6.07, 6.45) is 0. The number of fused-ring (bicyclic) bond motifs is 1. The quantitative estimate of drug-likeness (QED) is 0.595. The number of nitrogens with zero attached hydrogens (tertiary/aromatic N) is 2. The normalized spacial score (nSPS) is 11.3. The Labute approximate surface area is 132 Å². The third-order valence-electron chi connectivity index (χ3n) is 3.70. The van der Waals surface area contributed by atoms with Gasteiger partial charge in [0, 0.05) is 6.07 Å². The second-order valence-electron chi connectivity index (χ2n) is 4.97. The van der Waals surface area contributed by atoms with Crippen molar-refractivity contribution in [3.05, 3.63) is 58.1 Å². The monoisotopic (exact) mass is 322 g/mol. The predicted molar refractivity (Wildman–Crippen MR) is 85.1 cm³/mol. The van der Waals surface area contributed by atoms with E-state index in [2.05, 4.69) is 4.98 Å². The highest BCUT2D eigenvalue weighted by atomic mass is 35.5. The molecular formula is C16H13Cl2FN2. The largest absolute Gasteiger partial charge is 0.295 e. The minimum Gasteiger partial charge on any atom is -0.295 e. The molecule has 2 aromatic carbocycles. The minimum absolute atomic E-state index is 0.0788. The first-order chi connectivity index (χ1) is 10.0. The molecular weight excluding hydrogens is 310 g/mol. The highest BCUT2D eigenvalue weighted by Gasteiger charge is 2.16. The zero-order chi connectivity index (χ0) is 15.1. The first kappa shape index (κ1) is 14.4. The number of hydrogen-bond donors (Lipinski definition) is 0. The Morgan fingerprint density at radius 1 is 1.24 bits per heavy atom. The average molecular weight is 323 g/mol. The van der Waals surface area contributed by atoms with Gasteiger partial charge in [0.25, 0.3) is 0 Å². The molecule has 3 rings (SSSR count). The number of alkyl halides is 1. The molecule has 0 saturated heterocycles. The molecule has 0 unspecified atom stereocenters. The van der Waals surface area contributed by atoms with Gasteiger partial charge in [0.15, 0.2) is 0 Å². The van der Waals surface area contributed by atoms with Crippen LogP contribution in [0.1, 0.15) is 17.0 Å². The van der Waals surface area contributed by atoms with Gasteiger partial charge in [-0.15, -0.1) is 11.6 Å². The van der Waals surface area contributed by atoms with Crippen LogP contribution in [-0.2, 0) is 5.88 Å². The molecule has 0 aliphatic rings. The van der Waals surface area contributed by atoms with Crippen LogP contribution in [0.3, 0.4) is 0 Å². The number of aromatic nitrogens is 2. The first-order valence-electron chi connectivity index (χ1n) is 6.52. The molecule has 1 aromatic heterocycles. The van der Waals surface area contributed by atoms with E-state index in [9.17, 15) is 4.39 Å². The van der Waals surface area contributed by atoms with Crippen molar-refractivity contribution < 1.29 is 4.39 Å². The van der Waals surface area contributed by atoms with Crippen LogP contribution in [0, 0.1) is 19.7 Å². The molecule has 0 aliphatic heterocycles. The molecule has 0 atom stereocenters. The lowest BCUT2D eigenvalue weighted by atomic mass is 10.1. The zero-order valence-electron chi connectivity index (χ0n) is 11.6. The maximum absolute atomic E-state index is 13.6. The molecule has 0 radical (unpaired) electrons. The second kappa shape index (κ2) is 5.32. The highest BCUT2D eigenvalue weighted by Crippen LogP contribution is 2.29. The molecule has 0 saturated carbocycles. The molecule has 0 N–H and O–H groups in total. The van der Waals surface area contributed by atoms with E-state index in [4.69, 9.17) is 23.2 Å². The summed E-state index contributed by atoms with van der Waals surface area (Å²) in [4.78, 5) is 4.41. The van der Waals surface area contributed by atoms with Crippen molar-refractivity contribution >= 4 is 34.2 Å². The van der Waals surface area contributed by atoms with Crippen LogP contribution < -0.4 is 0 Å². The van der Waals surface area contributed by atoms with Gasteiger partial charge in [-0.2, -0.15) is 0 Å². The number of benzene rings is 2. The summed E-state index contributed by atoms with van der Waals surface area (Å²) in [6.45, 7) is 4.09. The second-order valence-corrected chi connectivity index (χ2v) is 5.65. The van der Waals surface area contributed by atoms with E-state index in [1.807, 2.05) is 36.6 Å². The highest BCUT2D eigenvalue weighted by molar-refractivity contribution is 6.31. The summed E-state index contributed by atoms with van der Waals surface area (Å²) in [5.41, 5.74) is 4.58. The van der Waals surface area contributed by atoms with Crippen LogP contribution in [0.25, 0.3) is 16.7 Å². The Balaban J connectivity index is 2.40. The molecule has 108 valence electrons. The van der Waals surface area contributed by atoms with E-state index >= 15 is 0 Å². The van der Waals surface area contributed by atoms with Gasteiger partial charge >= 0.3 is 0 Å². The van der Waals surface area contributed by atoms with Crippen molar-refractivity contribution in [1.82, 2.24) is 9.55 Å². The van der Waals surface area contributed by atoms with E-state index in [-0.39, 0.29) is 10.9 Å². The standard InChI is InChI=1S/C16H13Cl2FN2/c1-9-4-3-5-14(10(9)2)21-15-6-11(18)12(19)7-13(15)20-16(21)8-17/h3-7H,8H2,1-2H3. The molecule has 3 aromatic rings. The Bertz CT molecular complexity index is 840. The molecule has 2 nitrogen and oxygen atoms in total. The lowest BCUT2D eigenvalue weighted by Gasteiger charge is -2.13. The summed E-state index contributed by atoms with van der Waals surface area (Å²) < 4.78 is 15.6. The number of hydrogen-bond acceptors (Lipinski definition) is 1. The van der Waals surface area contributed by atoms with Gasteiger partial charge in [0.05, 0.1) is 27.6 Å². The lowest BCUT2D eigenvalue weighted by molar-refractivity contribution is 0.630. The maximum Gasteiger partial charge on any atom is 0.144 e. The Kier molecular flexibility index (Phi) is 3.64. The van der Waals surface area contributed by atoms with Crippen LogP contribution in [-0.4, -0.2) is 9.55 Å². The fraction of sp³-hybridized carbons (Fsp3) is 0.188. The van der Waals surface area contributed by atoms with Gasteiger partial charge in [-0.1, -0.05) is 23.7 Å². The molecule has 0 aliphatic carbocycles. The summed E-state index contributed by atoms with van der Waals surface area (Å²) in [7, 11) is 0. The van der Waals surface area contributed by atoms with E-state index in [1.54, 1.807) is 6.07 Å². The number of aryl methyl sites for hydroxylation is 1. The lowest BCUT2D eigenvalue weighted by Crippen LogP contribution is -2.02. The van der Waals surface area contributed by atoms with Gasteiger partial charge in [0.2, 0.25) is 0 Å². The molecule has 5 heteroatoms. The van der Waals surface area contributed by atoms with Crippen LogP contribution in [0.4, 0.5) is 4.39 Å². The average Bonchev–Trinajstić information content (AvgIpc) is 2.80. The zero-order valence-corrected chi connectivity index (χ0v) is 13.1. The van der Waals surface area contributed by atoms with Crippen molar-refractivity contribution in [2.75, 3.05) is 0 Å². The topological polar surface area (TPSA) is 17.8 Å². The fourth-order valence-corrected chi connectivity index (χ4v) is 2.80. The Morgan fingerprint density at radius 2 is 2.00 bits per heavy atom. The van der Waals surface area contributed by atoms with E-state index in [0.717, 1.165) is 16.8 Å². The third-order valence-corrected chi connectivity index (χ3v) is 4.23. The van der Waals surface area contributed by atoms with Crippen LogP contribution in [0.5, 0.6) is 0 Å². The minimum atomic E-state index is -0.476.